The van der Waals surface area contributed by atoms with Crippen LogP contribution in [0, 0.1) is 0 Å². The number of urea groups is 1. The number of carbonyl (C=O) groups is 1. The summed E-state index contributed by atoms with van der Waals surface area (Å²) in [5.74, 6) is 0.287. The summed E-state index contributed by atoms with van der Waals surface area (Å²) in [5, 5.41) is 10.9. The van der Waals surface area contributed by atoms with E-state index in [9.17, 15) is 22.8 Å². The van der Waals surface area contributed by atoms with Crippen LogP contribution in [-0.2, 0) is 12.7 Å². The molecule has 1 aliphatic heterocycles. The van der Waals surface area contributed by atoms with Crippen molar-refractivity contribution >= 4 is 34.5 Å². The zero-order chi connectivity index (χ0) is 26.2. The van der Waals surface area contributed by atoms with Gasteiger partial charge in [-0.3, -0.25) is 4.79 Å². The highest BCUT2D eigenvalue weighted by Gasteiger charge is 2.34. The maximum absolute atomic E-state index is 13.3. The number of benzene rings is 2. The lowest BCUT2D eigenvalue weighted by molar-refractivity contribution is -0.136. The molecule has 2 N–H and O–H groups in total. The van der Waals surface area contributed by atoms with E-state index in [0.717, 1.165) is 11.6 Å². The number of amides is 2. The summed E-state index contributed by atoms with van der Waals surface area (Å²) < 4.78 is 41.3. The molecular formula is C24H21ClF3N7O2. The number of likely N-dealkylation sites (tertiary alicyclic amines) is 1. The van der Waals surface area contributed by atoms with Gasteiger partial charge < -0.3 is 15.2 Å². The van der Waals surface area contributed by atoms with E-state index < -0.39 is 23.3 Å². The number of nitrogens with zero attached hydrogens (tertiary/aromatic N) is 5. The summed E-state index contributed by atoms with van der Waals surface area (Å²) in [5.41, 5.74) is -0.396. The molecule has 2 aromatic carbocycles. The molecule has 0 unspecified atom stereocenters. The molecule has 0 aliphatic carbocycles. The molecule has 37 heavy (non-hydrogen) atoms. The number of fused-ring (bicyclic) bond motifs is 1. The Bertz CT molecular complexity index is 1510. The number of aromatic nitrogens is 5. The molecule has 5 rings (SSSR count). The number of anilines is 1. The van der Waals surface area contributed by atoms with E-state index >= 15 is 0 Å². The van der Waals surface area contributed by atoms with E-state index in [-0.39, 0.29) is 36.8 Å². The SMILES string of the molecule is O=C(Nc1ccccc1C(F)(F)F)N1CCC(c2nc3c(nnn3Cc3ccccc3Cl)c(=O)[nH]2)CC1. The van der Waals surface area contributed by atoms with Gasteiger partial charge in [-0.2, -0.15) is 13.2 Å². The van der Waals surface area contributed by atoms with Gasteiger partial charge in [0.25, 0.3) is 5.56 Å². The second-order valence-corrected chi connectivity index (χ2v) is 9.10. The van der Waals surface area contributed by atoms with Gasteiger partial charge in [0.2, 0.25) is 0 Å². The average Bonchev–Trinajstić information content (AvgIpc) is 3.28. The molecule has 2 amide bonds. The molecule has 0 spiro atoms. The van der Waals surface area contributed by atoms with E-state index in [1.807, 2.05) is 18.2 Å². The quantitative estimate of drug-likeness (QED) is 0.398. The summed E-state index contributed by atoms with van der Waals surface area (Å²) in [6.07, 6.45) is -3.65. The van der Waals surface area contributed by atoms with Crippen LogP contribution in [0.2, 0.25) is 5.02 Å². The molecule has 0 atom stereocenters. The van der Waals surface area contributed by atoms with Gasteiger partial charge in [0.05, 0.1) is 17.8 Å². The van der Waals surface area contributed by atoms with Crippen molar-refractivity contribution in [3.8, 4) is 0 Å². The molecule has 1 aliphatic rings. The zero-order valence-corrected chi connectivity index (χ0v) is 20.1. The van der Waals surface area contributed by atoms with Crippen molar-refractivity contribution in [1.29, 1.82) is 0 Å². The van der Waals surface area contributed by atoms with Gasteiger partial charge in [-0.05, 0) is 36.6 Å². The third kappa shape index (κ3) is 5.15. The summed E-state index contributed by atoms with van der Waals surface area (Å²) in [6, 6.07) is 11.5. The van der Waals surface area contributed by atoms with Gasteiger partial charge in [0.1, 0.15) is 5.82 Å². The Morgan fingerprint density at radius 3 is 2.54 bits per heavy atom. The van der Waals surface area contributed by atoms with Crippen molar-refractivity contribution in [2.75, 3.05) is 18.4 Å². The molecule has 0 radical (unpaired) electrons. The number of aromatic amines is 1. The molecular weight excluding hydrogens is 511 g/mol. The van der Waals surface area contributed by atoms with Crippen molar-refractivity contribution in [3.63, 3.8) is 0 Å². The molecule has 3 heterocycles. The number of piperidine rings is 1. The van der Waals surface area contributed by atoms with Crippen molar-refractivity contribution in [1.82, 2.24) is 29.9 Å². The first-order chi connectivity index (χ1) is 17.7. The van der Waals surface area contributed by atoms with Gasteiger partial charge >= 0.3 is 12.2 Å². The van der Waals surface area contributed by atoms with Gasteiger partial charge in [-0.1, -0.05) is 47.1 Å². The van der Waals surface area contributed by atoms with Crippen LogP contribution >= 0.6 is 11.6 Å². The minimum absolute atomic E-state index is 0.107. The van der Waals surface area contributed by atoms with Crippen molar-refractivity contribution < 1.29 is 18.0 Å². The fourth-order valence-electron chi connectivity index (χ4n) is 4.36. The summed E-state index contributed by atoms with van der Waals surface area (Å²) in [6.45, 7) is 0.844. The Hall–Kier alpha value is -3.93. The lowest BCUT2D eigenvalue weighted by Gasteiger charge is -2.31. The van der Waals surface area contributed by atoms with Crippen LogP contribution < -0.4 is 10.9 Å². The minimum Gasteiger partial charge on any atom is -0.324 e. The van der Waals surface area contributed by atoms with E-state index in [0.29, 0.717) is 29.3 Å². The Morgan fingerprint density at radius 1 is 1.11 bits per heavy atom. The highest BCUT2D eigenvalue weighted by molar-refractivity contribution is 6.31. The number of hydrogen-bond acceptors (Lipinski definition) is 5. The van der Waals surface area contributed by atoms with Gasteiger partial charge in [0.15, 0.2) is 11.2 Å². The standard InChI is InChI=1S/C24H21ClF3N7O2/c25-17-7-3-1-5-15(17)13-35-21-19(32-33-35)22(36)31-20(30-21)14-9-11-34(12-10-14)23(37)29-18-8-4-2-6-16(18)24(26,27)28/h1-8,14H,9-13H2,(H,29,37)(H,30,31,36). The van der Waals surface area contributed by atoms with Crippen molar-refractivity contribution in [2.24, 2.45) is 0 Å². The van der Waals surface area contributed by atoms with Crippen LogP contribution in [0.1, 0.15) is 35.7 Å². The molecule has 0 bridgehead atoms. The smallest absolute Gasteiger partial charge is 0.324 e. The molecule has 1 saturated heterocycles. The molecule has 2 aromatic heterocycles. The van der Waals surface area contributed by atoms with Crippen LogP contribution in [0.5, 0.6) is 0 Å². The number of carbonyl (C=O) groups excluding carboxylic acids is 1. The third-order valence-corrected chi connectivity index (χ3v) is 6.68. The molecule has 9 nitrogen and oxygen atoms in total. The highest BCUT2D eigenvalue weighted by atomic mass is 35.5. The fourth-order valence-corrected chi connectivity index (χ4v) is 4.56. The minimum atomic E-state index is -4.58. The second-order valence-electron chi connectivity index (χ2n) is 8.70. The van der Waals surface area contributed by atoms with Crippen LogP contribution in [-0.4, -0.2) is 49.0 Å². The van der Waals surface area contributed by atoms with Crippen LogP contribution in [0.15, 0.2) is 53.3 Å². The van der Waals surface area contributed by atoms with Gasteiger partial charge in [-0.15, -0.1) is 5.10 Å². The Kier molecular flexibility index (Phi) is 6.59. The first kappa shape index (κ1) is 24.8. The lowest BCUT2D eigenvalue weighted by Crippen LogP contribution is -2.41. The molecule has 192 valence electrons. The van der Waals surface area contributed by atoms with Crippen molar-refractivity contribution in [3.05, 3.63) is 80.9 Å². The number of alkyl halides is 3. The van der Waals surface area contributed by atoms with E-state index in [1.165, 1.54) is 27.8 Å². The number of rotatable bonds is 4. The Morgan fingerprint density at radius 2 is 1.81 bits per heavy atom. The maximum atomic E-state index is 13.3. The zero-order valence-electron chi connectivity index (χ0n) is 19.3. The van der Waals surface area contributed by atoms with Crippen molar-refractivity contribution in [2.45, 2.75) is 31.5 Å². The largest absolute Gasteiger partial charge is 0.418 e. The maximum Gasteiger partial charge on any atom is 0.418 e. The molecule has 1 fully saturated rings. The molecule has 0 saturated carbocycles. The first-order valence-corrected chi connectivity index (χ1v) is 11.9. The first-order valence-electron chi connectivity index (χ1n) is 11.5. The van der Waals surface area contributed by atoms with Crippen LogP contribution in [0.4, 0.5) is 23.7 Å². The lowest BCUT2D eigenvalue weighted by atomic mass is 9.96. The third-order valence-electron chi connectivity index (χ3n) is 6.31. The Labute approximate surface area is 213 Å². The summed E-state index contributed by atoms with van der Waals surface area (Å²) >= 11 is 6.25. The number of halogens is 4. The second kappa shape index (κ2) is 9.85. The molecule has 13 heteroatoms. The van der Waals surface area contributed by atoms with E-state index in [1.54, 1.807) is 6.07 Å². The average molecular weight is 532 g/mol. The molecule has 4 aromatic rings. The van der Waals surface area contributed by atoms with E-state index in [2.05, 4.69) is 25.6 Å². The van der Waals surface area contributed by atoms with Crippen LogP contribution in [0.25, 0.3) is 11.2 Å². The number of nitrogens with one attached hydrogen (secondary N) is 2. The number of para-hydroxylation sites is 1. The highest BCUT2D eigenvalue weighted by Crippen LogP contribution is 2.35. The monoisotopic (exact) mass is 531 g/mol. The summed E-state index contributed by atoms with van der Waals surface area (Å²) in [7, 11) is 0. The van der Waals surface area contributed by atoms with E-state index in [4.69, 9.17) is 11.6 Å². The Balaban J connectivity index is 1.30. The predicted octanol–water partition coefficient (Wildman–Crippen LogP) is 4.65. The number of H-pyrrole nitrogens is 1. The predicted molar refractivity (Wildman–Crippen MR) is 131 cm³/mol. The fraction of sp³-hybridized carbons (Fsp3) is 0.292. The normalized spacial score (nSPS) is 14.8. The van der Waals surface area contributed by atoms with Gasteiger partial charge in [0, 0.05) is 24.0 Å². The van der Waals surface area contributed by atoms with Gasteiger partial charge in [-0.25, -0.2) is 14.5 Å². The topological polar surface area (TPSA) is 109 Å². The van der Waals surface area contributed by atoms with Crippen LogP contribution in [0.3, 0.4) is 0 Å². The number of hydrogen-bond donors (Lipinski definition) is 2. The summed E-state index contributed by atoms with van der Waals surface area (Å²) in [4.78, 5) is 34.2.